The summed E-state index contributed by atoms with van der Waals surface area (Å²) >= 11 is 0. The van der Waals surface area contributed by atoms with E-state index in [9.17, 15) is 18.4 Å². The van der Waals surface area contributed by atoms with E-state index >= 15 is 0 Å². The molecule has 0 bridgehead atoms. The Morgan fingerprint density at radius 3 is 2.62 bits per heavy atom. The number of aromatic nitrogens is 3. The first-order valence-electron chi connectivity index (χ1n) is 11.0. The van der Waals surface area contributed by atoms with Crippen molar-refractivity contribution in [3.05, 3.63) is 83.8 Å². The number of halogens is 2. The molecule has 0 spiro atoms. The number of rotatable bonds is 10. The average Bonchev–Trinajstić information content (AvgIpc) is 3.28. The van der Waals surface area contributed by atoms with Crippen molar-refractivity contribution in [1.29, 1.82) is 0 Å². The van der Waals surface area contributed by atoms with Crippen LogP contribution in [0.4, 0.5) is 8.78 Å². The number of carbonyl (C=O) groups excluding carboxylic acids is 2. The van der Waals surface area contributed by atoms with E-state index in [4.69, 9.17) is 0 Å². The van der Waals surface area contributed by atoms with E-state index in [1.165, 1.54) is 12.3 Å². The van der Waals surface area contributed by atoms with Crippen molar-refractivity contribution in [1.82, 2.24) is 20.3 Å². The first-order valence-corrected chi connectivity index (χ1v) is 11.0. The van der Waals surface area contributed by atoms with Crippen LogP contribution in [-0.2, 0) is 0 Å². The second-order valence-electron chi connectivity index (χ2n) is 7.45. The second-order valence-corrected chi connectivity index (χ2v) is 7.45. The Morgan fingerprint density at radius 2 is 1.94 bits per heavy atom. The van der Waals surface area contributed by atoms with Crippen LogP contribution in [0.2, 0.25) is 0 Å². The number of amides is 1. The van der Waals surface area contributed by atoms with Gasteiger partial charge in [-0.25, -0.2) is 13.8 Å². The summed E-state index contributed by atoms with van der Waals surface area (Å²) in [7, 11) is 0. The number of nitrogens with one attached hydrogen (secondary N) is 2. The highest BCUT2D eigenvalue weighted by Crippen LogP contribution is 2.28. The lowest BCUT2D eigenvalue weighted by Gasteiger charge is -2.06. The molecule has 0 aliphatic heterocycles. The van der Waals surface area contributed by atoms with E-state index in [0.29, 0.717) is 40.8 Å². The predicted molar refractivity (Wildman–Crippen MR) is 129 cm³/mol. The van der Waals surface area contributed by atoms with Gasteiger partial charge in [0, 0.05) is 47.2 Å². The van der Waals surface area contributed by atoms with Gasteiger partial charge in [0.15, 0.2) is 5.78 Å². The highest BCUT2D eigenvalue weighted by Gasteiger charge is 2.20. The summed E-state index contributed by atoms with van der Waals surface area (Å²) in [4.78, 5) is 36.8. The molecular formula is C26H26F2N4O2. The number of allylic oxidation sites excluding steroid dienone is 6. The Balaban J connectivity index is 1.98. The zero-order valence-electron chi connectivity index (χ0n) is 19.1. The minimum Gasteiger partial charge on any atom is -0.351 e. The molecule has 0 aliphatic rings. The van der Waals surface area contributed by atoms with Gasteiger partial charge >= 0.3 is 0 Å². The van der Waals surface area contributed by atoms with Crippen molar-refractivity contribution in [2.45, 2.75) is 26.7 Å². The first-order chi connectivity index (χ1) is 16.5. The van der Waals surface area contributed by atoms with Crippen molar-refractivity contribution in [2.24, 2.45) is 0 Å². The van der Waals surface area contributed by atoms with Crippen LogP contribution in [0.3, 0.4) is 0 Å². The molecule has 0 saturated heterocycles. The molecule has 1 amide bonds. The summed E-state index contributed by atoms with van der Waals surface area (Å²) in [6.07, 6.45) is 11.0. The van der Waals surface area contributed by atoms with Gasteiger partial charge in [0.25, 0.3) is 5.91 Å². The van der Waals surface area contributed by atoms with Crippen LogP contribution >= 0.6 is 0 Å². The molecule has 34 heavy (non-hydrogen) atoms. The quantitative estimate of drug-likeness (QED) is 0.230. The number of hydrogen-bond acceptors (Lipinski definition) is 4. The number of aromatic amines is 1. The zero-order chi connectivity index (χ0) is 24.5. The topological polar surface area (TPSA) is 87.7 Å². The number of pyridine rings is 2. The molecule has 0 saturated carbocycles. The molecule has 6 nitrogen and oxygen atoms in total. The number of alkyl halides is 1. The van der Waals surface area contributed by atoms with E-state index in [-0.39, 0.29) is 17.0 Å². The SMILES string of the molecule is CCCC=C(C(=O)c1c[nH]c2ncc(-c3ccc(C(=O)NCC)nc3)cc12)C(F)=CC=CCF. The Bertz CT molecular complexity index is 1260. The molecule has 3 aromatic heterocycles. The molecule has 8 heteroatoms. The number of H-pyrrole nitrogens is 1. The molecule has 176 valence electrons. The maximum Gasteiger partial charge on any atom is 0.269 e. The maximum absolute atomic E-state index is 14.8. The summed E-state index contributed by atoms with van der Waals surface area (Å²) in [5, 5.41) is 3.23. The van der Waals surface area contributed by atoms with Crippen LogP contribution in [-0.4, -0.2) is 39.9 Å². The van der Waals surface area contributed by atoms with Gasteiger partial charge in [-0.3, -0.25) is 14.6 Å². The molecule has 0 aliphatic carbocycles. The molecule has 0 fully saturated rings. The van der Waals surface area contributed by atoms with Gasteiger partial charge in [-0.2, -0.15) is 0 Å². The van der Waals surface area contributed by atoms with Crippen LogP contribution in [0.1, 0.15) is 47.5 Å². The maximum atomic E-state index is 14.8. The Kier molecular flexibility index (Phi) is 8.56. The van der Waals surface area contributed by atoms with Crippen molar-refractivity contribution in [3.8, 4) is 11.1 Å². The fourth-order valence-corrected chi connectivity index (χ4v) is 3.33. The number of fused-ring (bicyclic) bond motifs is 1. The summed E-state index contributed by atoms with van der Waals surface area (Å²) in [6.45, 7) is 3.54. The molecule has 0 unspecified atom stereocenters. The Morgan fingerprint density at radius 1 is 1.15 bits per heavy atom. The van der Waals surface area contributed by atoms with E-state index in [2.05, 4.69) is 20.3 Å². The third-order valence-electron chi connectivity index (χ3n) is 5.05. The van der Waals surface area contributed by atoms with E-state index < -0.39 is 18.3 Å². The summed E-state index contributed by atoms with van der Waals surface area (Å²) in [5.41, 5.74) is 2.38. The second kappa shape index (κ2) is 11.8. The molecular weight excluding hydrogens is 438 g/mol. The molecule has 3 heterocycles. The van der Waals surface area contributed by atoms with Gasteiger partial charge in [-0.15, -0.1) is 0 Å². The fourth-order valence-electron chi connectivity index (χ4n) is 3.33. The largest absolute Gasteiger partial charge is 0.351 e. The van der Waals surface area contributed by atoms with Gasteiger partial charge in [0.1, 0.15) is 23.8 Å². The molecule has 0 radical (unpaired) electrons. The fraction of sp³-hybridized carbons (Fsp3) is 0.231. The Labute approximate surface area is 196 Å². The zero-order valence-corrected chi connectivity index (χ0v) is 19.1. The van der Waals surface area contributed by atoms with Crippen LogP contribution in [0.25, 0.3) is 22.2 Å². The average molecular weight is 465 g/mol. The van der Waals surface area contributed by atoms with Crippen molar-refractivity contribution < 1.29 is 18.4 Å². The van der Waals surface area contributed by atoms with Crippen LogP contribution in [0, 0.1) is 0 Å². The van der Waals surface area contributed by atoms with Crippen molar-refractivity contribution in [3.63, 3.8) is 0 Å². The number of Topliss-reactive ketones (excluding diaryl/α,β-unsaturated/α-hetero) is 1. The van der Waals surface area contributed by atoms with Gasteiger partial charge in [0.2, 0.25) is 0 Å². The number of carbonyl (C=O) groups is 2. The minimum absolute atomic E-state index is 0.0791. The third-order valence-corrected chi connectivity index (χ3v) is 5.05. The number of ketones is 1. The summed E-state index contributed by atoms with van der Waals surface area (Å²) in [5.74, 6) is -1.48. The molecule has 3 aromatic rings. The lowest BCUT2D eigenvalue weighted by molar-refractivity contribution is 0.0950. The van der Waals surface area contributed by atoms with Crippen LogP contribution in [0.15, 0.2) is 72.5 Å². The molecule has 3 rings (SSSR count). The van der Waals surface area contributed by atoms with E-state index in [0.717, 1.165) is 18.6 Å². The molecule has 2 N–H and O–H groups in total. The smallest absolute Gasteiger partial charge is 0.269 e. The number of unbranched alkanes of at least 4 members (excludes halogenated alkanes) is 1. The Hall–Kier alpha value is -3.94. The van der Waals surface area contributed by atoms with Gasteiger partial charge in [-0.05, 0) is 31.6 Å². The number of hydrogen-bond donors (Lipinski definition) is 2. The van der Waals surface area contributed by atoms with Crippen molar-refractivity contribution in [2.75, 3.05) is 13.2 Å². The minimum atomic E-state index is -0.730. The van der Waals surface area contributed by atoms with E-state index in [1.807, 2.05) is 13.8 Å². The lowest BCUT2D eigenvalue weighted by atomic mass is 9.99. The van der Waals surface area contributed by atoms with Gasteiger partial charge in [-0.1, -0.05) is 37.6 Å². The monoisotopic (exact) mass is 464 g/mol. The van der Waals surface area contributed by atoms with E-state index in [1.54, 1.807) is 36.7 Å². The highest BCUT2D eigenvalue weighted by molar-refractivity contribution is 6.17. The number of nitrogens with zero attached hydrogens (tertiary/aromatic N) is 2. The lowest BCUT2D eigenvalue weighted by Crippen LogP contribution is -2.23. The summed E-state index contributed by atoms with van der Waals surface area (Å²) < 4.78 is 27.1. The van der Waals surface area contributed by atoms with Gasteiger partial charge in [0.05, 0.1) is 5.57 Å². The van der Waals surface area contributed by atoms with Crippen LogP contribution < -0.4 is 5.32 Å². The normalized spacial score (nSPS) is 12.5. The first kappa shape index (κ1) is 24.7. The molecule has 0 aromatic carbocycles. The molecule has 0 atom stereocenters. The van der Waals surface area contributed by atoms with Crippen LogP contribution in [0.5, 0.6) is 0 Å². The highest BCUT2D eigenvalue weighted by atomic mass is 19.1. The van der Waals surface area contributed by atoms with Gasteiger partial charge < -0.3 is 10.3 Å². The predicted octanol–water partition coefficient (Wildman–Crippen LogP) is 5.66. The standard InChI is InChI=1S/C26H26F2N4O2/c1-3-5-8-19(22(28)9-6-7-12-27)24(33)21-16-32-25-20(21)13-18(15-31-25)17-10-11-23(30-14-17)26(34)29-4-2/h6-11,13-16H,3-5,12H2,1-2H3,(H,29,34)(H,31,32). The third kappa shape index (κ3) is 5.70. The van der Waals surface area contributed by atoms with Crippen molar-refractivity contribution >= 4 is 22.7 Å². The summed E-state index contributed by atoms with van der Waals surface area (Å²) in [6, 6.07) is 5.14.